The van der Waals surface area contributed by atoms with Crippen molar-refractivity contribution in [1.82, 2.24) is 4.90 Å². The van der Waals surface area contributed by atoms with Gasteiger partial charge < -0.3 is 5.73 Å². The number of rotatable bonds is 3. The molecule has 1 aromatic carbocycles. The van der Waals surface area contributed by atoms with Gasteiger partial charge in [-0.15, -0.1) is 0 Å². The lowest BCUT2D eigenvalue weighted by atomic mass is 9.84. The Morgan fingerprint density at radius 1 is 1.09 bits per heavy atom. The van der Waals surface area contributed by atoms with E-state index < -0.39 is 11.7 Å². The van der Waals surface area contributed by atoms with E-state index in [0.29, 0.717) is 6.04 Å². The zero-order valence-electron chi connectivity index (χ0n) is 13.4. The molecule has 5 heteroatoms. The molecular formula is C18H25F3N2. The summed E-state index contributed by atoms with van der Waals surface area (Å²) in [6.45, 7) is 2.68. The summed E-state index contributed by atoms with van der Waals surface area (Å²) in [5.41, 5.74) is 7.33. The zero-order valence-corrected chi connectivity index (χ0v) is 13.4. The van der Waals surface area contributed by atoms with Crippen LogP contribution in [0, 0.1) is 5.92 Å². The van der Waals surface area contributed by atoms with Gasteiger partial charge in [0.15, 0.2) is 0 Å². The van der Waals surface area contributed by atoms with E-state index in [-0.39, 0.29) is 0 Å². The van der Waals surface area contributed by atoms with E-state index in [1.54, 1.807) is 6.07 Å². The van der Waals surface area contributed by atoms with Crippen molar-refractivity contribution in [3.05, 3.63) is 34.9 Å². The van der Waals surface area contributed by atoms with E-state index in [0.717, 1.165) is 55.9 Å². The van der Waals surface area contributed by atoms with Gasteiger partial charge in [-0.05, 0) is 74.2 Å². The average molecular weight is 326 g/mol. The standard InChI is InChI=1S/C18H25F3N2/c19-18(20,21)16-4-3-15-12-23(10-8-14(15)11-16)9-7-13-1-5-17(22)6-2-13/h3-4,11,13,17H,1-2,5-10,12,22H2/t13-,17-. The second-order valence-electron chi connectivity index (χ2n) is 7.08. The summed E-state index contributed by atoms with van der Waals surface area (Å²) in [5, 5.41) is 0. The number of alkyl halides is 3. The predicted octanol–water partition coefficient (Wildman–Crippen LogP) is 3.97. The maximum absolute atomic E-state index is 12.8. The van der Waals surface area contributed by atoms with Crippen LogP contribution in [0.2, 0.25) is 0 Å². The lowest BCUT2D eigenvalue weighted by molar-refractivity contribution is -0.137. The highest BCUT2D eigenvalue weighted by Crippen LogP contribution is 2.32. The largest absolute Gasteiger partial charge is 0.416 e. The van der Waals surface area contributed by atoms with Gasteiger partial charge >= 0.3 is 6.18 Å². The van der Waals surface area contributed by atoms with Crippen molar-refractivity contribution in [3.8, 4) is 0 Å². The quantitative estimate of drug-likeness (QED) is 0.910. The topological polar surface area (TPSA) is 29.3 Å². The van der Waals surface area contributed by atoms with Gasteiger partial charge in [0.25, 0.3) is 0 Å². The molecular weight excluding hydrogens is 301 g/mol. The van der Waals surface area contributed by atoms with Gasteiger partial charge in [0, 0.05) is 19.1 Å². The molecule has 1 heterocycles. The Morgan fingerprint density at radius 2 is 1.83 bits per heavy atom. The van der Waals surface area contributed by atoms with Crippen LogP contribution in [-0.2, 0) is 19.1 Å². The van der Waals surface area contributed by atoms with Gasteiger partial charge in [0.1, 0.15) is 0 Å². The molecule has 0 amide bonds. The predicted molar refractivity (Wildman–Crippen MR) is 85.0 cm³/mol. The van der Waals surface area contributed by atoms with Crippen LogP contribution in [0.15, 0.2) is 18.2 Å². The molecule has 2 N–H and O–H groups in total. The van der Waals surface area contributed by atoms with E-state index >= 15 is 0 Å². The Bertz CT molecular complexity index is 534. The minimum atomic E-state index is -4.24. The number of hydrogen-bond donors (Lipinski definition) is 1. The number of hydrogen-bond acceptors (Lipinski definition) is 2. The number of benzene rings is 1. The summed E-state index contributed by atoms with van der Waals surface area (Å²) in [6.07, 6.45) is 2.37. The van der Waals surface area contributed by atoms with Crippen LogP contribution in [0.25, 0.3) is 0 Å². The van der Waals surface area contributed by atoms with Crippen molar-refractivity contribution in [3.63, 3.8) is 0 Å². The molecule has 0 radical (unpaired) electrons. The second kappa shape index (κ2) is 6.81. The molecule has 0 saturated heterocycles. The number of nitrogens with zero attached hydrogens (tertiary/aromatic N) is 1. The fourth-order valence-corrected chi connectivity index (χ4v) is 3.82. The lowest BCUT2D eigenvalue weighted by Crippen LogP contribution is -2.33. The van der Waals surface area contributed by atoms with E-state index in [2.05, 4.69) is 4.90 Å². The number of nitrogens with two attached hydrogens (primary N) is 1. The van der Waals surface area contributed by atoms with Crippen molar-refractivity contribution in [1.29, 1.82) is 0 Å². The molecule has 1 saturated carbocycles. The summed E-state index contributed by atoms with van der Waals surface area (Å²) in [4.78, 5) is 2.38. The Morgan fingerprint density at radius 3 is 2.52 bits per heavy atom. The van der Waals surface area contributed by atoms with Gasteiger partial charge in [-0.25, -0.2) is 0 Å². The SMILES string of the molecule is N[C@H]1CC[C@H](CCN2CCc3cc(C(F)(F)F)ccc3C2)CC1. The average Bonchev–Trinajstić information content (AvgIpc) is 2.53. The second-order valence-corrected chi connectivity index (χ2v) is 7.08. The third-order valence-electron chi connectivity index (χ3n) is 5.37. The summed E-state index contributed by atoms with van der Waals surface area (Å²) >= 11 is 0. The van der Waals surface area contributed by atoms with Gasteiger partial charge in [0.2, 0.25) is 0 Å². The summed E-state index contributed by atoms with van der Waals surface area (Å²) < 4.78 is 38.3. The molecule has 1 fully saturated rings. The van der Waals surface area contributed by atoms with Crippen LogP contribution in [0.4, 0.5) is 13.2 Å². The van der Waals surface area contributed by atoms with Crippen LogP contribution in [0.3, 0.4) is 0 Å². The van der Waals surface area contributed by atoms with Crippen LogP contribution < -0.4 is 5.73 Å². The van der Waals surface area contributed by atoms with Crippen LogP contribution in [0.1, 0.15) is 48.8 Å². The lowest BCUT2D eigenvalue weighted by Gasteiger charge is -2.32. The molecule has 1 aliphatic heterocycles. The molecule has 1 aliphatic carbocycles. The molecule has 3 rings (SSSR count). The first kappa shape index (κ1) is 16.8. The van der Waals surface area contributed by atoms with Crippen LogP contribution in [0.5, 0.6) is 0 Å². The summed E-state index contributed by atoms with van der Waals surface area (Å²) in [7, 11) is 0. The molecule has 0 aromatic heterocycles. The molecule has 0 spiro atoms. The molecule has 0 atom stereocenters. The van der Waals surface area contributed by atoms with Crippen molar-refractivity contribution < 1.29 is 13.2 Å². The van der Waals surface area contributed by atoms with E-state index in [1.807, 2.05) is 0 Å². The molecule has 2 aliphatic rings. The first-order valence-corrected chi connectivity index (χ1v) is 8.59. The normalized spacial score (nSPS) is 26.1. The Balaban J connectivity index is 1.54. The third-order valence-corrected chi connectivity index (χ3v) is 5.37. The Labute approximate surface area is 135 Å². The van der Waals surface area contributed by atoms with E-state index in [9.17, 15) is 13.2 Å². The minimum Gasteiger partial charge on any atom is -0.328 e. The summed E-state index contributed by atoms with van der Waals surface area (Å²) in [5.74, 6) is 0.767. The minimum absolute atomic E-state index is 0.385. The first-order valence-electron chi connectivity index (χ1n) is 8.59. The fourth-order valence-electron chi connectivity index (χ4n) is 3.82. The molecule has 128 valence electrons. The van der Waals surface area contributed by atoms with Crippen molar-refractivity contribution in [2.24, 2.45) is 11.7 Å². The van der Waals surface area contributed by atoms with E-state index in [4.69, 9.17) is 5.73 Å². The van der Waals surface area contributed by atoms with E-state index in [1.165, 1.54) is 31.4 Å². The fraction of sp³-hybridized carbons (Fsp3) is 0.667. The Hall–Kier alpha value is -1.07. The summed E-state index contributed by atoms with van der Waals surface area (Å²) in [6, 6.07) is 4.58. The molecule has 0 unspecified atom stereocenters. The molecule has 1 aromatic rings. The van der Waals surface area contributed by atoms with Gasteiger partial charge in [-0.2, -0.15) is 13.2 Å². The highest BCUT2D eigenvalue weighted by atomic mass is 19.4. The van der Waals surface area contributed by atoms with Crippen molar-refractivity contribution in [2.75, 3.05) is 13.1 Å². The van der Waals surface area contributed by atoms with Gasteiger partial charge in [-0.1, -0.05) is 6.07 Å². The zero-order chi connectivity index (χ0) is 16.4. The molecule has 2 nitrogen and oxygen atoms in total. The number of fused-ring (bicyclic) bond motifs is 1. The highest BCUT2D eigenvalue weighted by molar-refractivity contribution is 5.35. The first-order chi connectivity index (χ1) is 10.9. The maximum Gasteiger partial charge on any atom is 0.416 e. The third kappa shape index (κ3) is 4.27. The van der Waals surface area contributed by atoms with Crippen molar-refractivity contribution >= 4 is 0 Å². The highest BCUT2D eigenvalue weighted by Gasteiger charge is 2.31. The molecule has 0 bridgehead atoms. The number of halogens is 3. The smallest absolute Gasteiger partial charge is 0.328 e. The van der Waals surface area contributed by atoms with Crippen LogP contribution in [-0.4, -0.2) is 24.0 Å². The van der Waals surface area contributed by atoms with Crippen LogP contribution >= 0.6 is 0 Å². The Kier molecular flexibility index (Phi) is 4.97. The van der Waals surface area contributed by atoms with Gasteiger partial charge in [-0.3, -0.25) is 4.90 Å². The van der Waals surface area contributed by atoms with Crippen molar-refractivity contribution in [2.45, 2.75) is 57.3 Å². The molecule has 23 heavy (non-hydrogen) atoms. The van der Waals surface area contributed by atoms with Gasteiger partial charge in [0.05, 0.1) is 5.56 Å². The maximum atomic E-state index is 12.8. The monoisotopic (exact) mass is 326 g/mol.